The molecule has 1 rings (SSSR count). The van der Waals surface area contributed by atoms with Crippen LogP contribution in [0.2, 0.25) is 0 Å². The molecule has 1 atom stereocenters. The first-order valence-electron chi connectivity index (χ1n) is 3.26. The highest BCUT2D eigenvalue weighted by molar-refractivity contribution is 14.1. The van der Waals surface area contributed by atoms with E-state index in [4.69, 9.17) is 0 Å². The van der Waals surface area contributed by atoms with Crippen LogP contribution in [0.3, 0.4) is 0 Å². The molecule has 0 aromatic rings. The minimum atomic E-state index is 0.443. The summed E-state index contributed by atoms with van der Waals surface area (Å²) in [7, 11) is 0. The van der Waals surface area contributed by atoms with Crippen molar-refractivity contribution >= 4 is 35.5 Å². The summed E-state index contributed by atoms with van der Waals surface area (Å²) in [6, 6.07) is 0.443. The number of halogens is 1. The van der Waals surface area contributed by atoms with Crippen molar-refractivity contribution < 1.29 is 0 Å². The topological polar surface area (TPSA) is 12.0 Å². The van der Waals surface area contributed by atoms with Gasteiger partial charge in [-0.2, -0.15) is 0 Å². The summed E-state index contributed by atoms with van der Waals surface area (Å²) in [6.45, 7) is 0. The second kappa shape index (κ2) is 4.41. The normalized spacial score (nSPS) is 25.8. The Labute approximate surface area is 80.9 Å². The summed E-state index contributed by atoms with van der Waals surface area (Å²) in [5.74, 6) is 0. The number of hydrogen-bond donors (Lipinski definition) is 2. The zero-order valence-corrected chi connectivity index (χ0v) is 8.60. The molecule has 1 N–H and O–H groups in total. The van der Waals surface area contributed by atoms with Crippen molar-refractivity contribution in [2.75, 3.05) is 0 Å². The van der Waals surface area contributed by atoms with Crippen LogP contribution in [0.25, 0.3) is 0 Å². The van der Waals surface area contributed by atoms with Gasteiger partial charge in [0.1, 0.15) is 0 Å². The molecule has 0 aliphatic heterocycles. The molecule has 1 nitrogen and oxygen atoms in total. The van der Waals surface area contributed by atoms with E-state index < -0.39 is 0 Å². The Bertz CT molecular complexity index is 165. The van der Waals surface area contributed by atoms with Crippen molar-refractivity contribution in [3.8, 4) is 0 Å². The largest absolute Gasteiger partial charge is 0.253 e. The van der Waals surface area contributed by atoms with Crippen LogP contribution in [0.4, 0.5) is 0 Å². The van der Waals surface area contributed by atoms with Crippen LogP contribution in [0.15, 0.2) is 23.1 Å². The lowest BCUT2D eigenvalue weighted by atomic mass is 10.2. The van der Waals surface area contributed by atoms with Crippen LogP contribution in [-0.2, 0) is 0 Å². The van der Waals surface area contributed by atoms with Gasteiger partial charge < -0.3 is 0 Å². The van der Waals surface area contributed by atoms with Gasteiger partial charge in [-0.3, -0.25) is 3.53 Å². The minimum absolute atomic E-state index is 0.443. The van der Waals surface area contributed by atoms with Gasteiger partial charge in [0.25, 0.3) is 0 Å². The maximum atomic E-state index is 4.35. The van der Waals surface area contributed by atoms with Crippen LogP contribution >= 0.6 is 35.5 Å². The van der Waals surface area contributed by atoms with Gasteiger partial charge in [-0.1, -0.05) is 18.2 Å². The smallest absolute Gasteiger partial charge is 0.0472 e. The SMILES string of the molecule is SC1=CC=CCCC1NI. The molecule has 0 aromatic carbocycles. The number of rotatable bonds is 1. The maximum Gasteiger partial charge on any atom is 0.0472 e. The molecule has 3 heteroatoms. The van der Waals surface area contributed by atoms with Crippen molar-refractivity contribution in [2.24, 2.45) is 0 Å². The molecule has 0 fully saturated rings. The lowest BCUT2D eigenvalue weighted by Crippen LogP contribution is -2.19. The van der Waals surface area contributed by atoms with Crippen LogP contribution in [0, 0.1) is 0 Å². The van der Waals surface area contributed by atoms with Crippen molar-refractivity contribution in [1.82, 2.24) is 3.53 Å². The molecule has 1 aliphatic rings. The second-order valence-corrected chi connectivity index (χ2v) is 3.40. The predicted octanol–water partition coefficient (Wildman–Crippen LogP) is 2.46. The van der Waals surface area contributed by atoms with E-state index in [-0.39, 0.29) is 0 Å². The van der Waals surface area contributed by atoms with E-state index in [2.05, 4.69) is 51.2 Å². The molecule has 1 aliphatic carbocycles. The summed E-state index contributed by atoms with van der Waals surface area (Å²) in [6.07, 6.45) is 8.57. The molecular formula is C7H10INS. The molecule has 0 heterocycles. The molecule has 0 bridgehead atoms. The lowest BCUT2D eigenvalue weighted by molar-refractivity contribution is 0.706. The van der Waals surface area contributed by atoms with E-state index in [0.717, 1.165) is 17.7 Å². The zero-order chi connectivity index (χ0) is 7.40. The second-order valence-electron chi connectivity index (χ2n) is 2.26. The first-order chi connectivity index (χ1) is 4.84. The quantitative estimate of drug-likeness (QED) is 0.422. The van der Waals surface area contributed by atoms with Crippen molar-refractivity contribution in [3.05, 3.63) is 23.1 Å². The van der Waals surface area contributed by atoms with Gasteiger partial charge in [0, 0.05) is 28.9 Å². The molecule has 0 saturated heterocycles. The highest BCUT2D eigenvalue weighted by Crippen LogP contribution is 2.17. The van der Waals surface area contributed by atoms with Crippen LogP contribution < -0.4 is 3.53 Å². The van der Waals surface area contributed by atoms with Gasteiger partial charge in [0.05, 0.1) is 0 Å². The van der Waals surface area contributed by atoms with Gasteiger partial charge in [-0.05, 0) is 17.7 Å². The van der Waals surface area contributed by atoms with Crippen LogP contribution in [0.5, 0.6) is 0 Å². The van der Waals surface area contributed by atoms with Gasteiger partial charge in [0.15, 0.2) is 0 Å². The Morgan fingerprint density at radius 3 is 3.20 bits per heavy atom. The molecule has 0 saturated carbocycles. The Balaban J connectivity index is 2.60. The third kappa shape index (κ3) is 2.29. The first-order valence-corrected chi connectivity index (χ1v) is 4.79. The summed E-state index contributed by atoms with van der Waals surface area (Å²) < 4.78 is 3.18. The summed E-state index contributed by atoms with van der Waals surface area (Å²) >= 11 is 6.52. The third-order valence-corrected chi connectivity index (χ3v) is 2.73. The van der Waals surface area contributed by atoms with Crippen LogP contribution in [-0.4, -0.2) is 6.04 Å². The van der Waals surface area contributed by atoms with E-state index in [1.807, 2.05) is 6.08 Å². The average molecular weight is 267 g/mol. The predicted molar refractivity (Wildman–Crippen MR) is 56.4 cm³/mol. The number of nitrogens with one attached hydrogen (secondary N) is 1. The van der Waals surface area contributed by atoms with E-state index in [1.165, 1.54) is 0 Å². The Morgan fingerprint density at radius 1 is 1.70 bits per heavy atom. The molecule has 1 unspecified atom stereocenters. The van der Waals surface area contributed by atoms with Gasteiger partial charge in [-0.25, -0.2) is 0 Å². The highest BCUT2D eigenvalue weighted by atomic mass is 127. The van der Waals surface area contributed by atoms with Gasteiger partial charge >= 0.3 is 0 Å². The van der Waals surface area contributed by atoms with E-state index in [9.17, 15) is 0 Å². The lowest BCUT2D eigenvalue weighted by Gasteiger charge is -2.11. The Hall–Kier alpha value is 0.520. The molecule has 0 radical (unpaired) electrons. The van der Waals surface area contributed by atoms with Gasteiger partial charge in [-0.15, -0.1) is 12.6 Å². The number of hydrogen-bond acceptors (Lipinski definition) is 2. The summed E-state index contributed by atoms with van der Waals surface area (Å²) in [5.41, 5.74) is 0. The number of allylic oxidation sites excluding steroid dienone is 3. The highest BCUT2D eigenvalue weighted by Gasteiger charge is 2.08. The van der Waals surface area contributed by atoms with Crippen molar-refractivity contribution in [3.63, 3.8) is 0 Å². The summed E-state index contributed by atoms with van der Waals surface area (Å²) in [5, 5.41) is 0. The average Bonchev–Trinajstić information content (AvgIpc) is 2.13. The zero-order valence-electron chi connectivity index (χ0n) is 5.55. The fourth-order valence-electron chi connectivity index (χ4n) is 0.900. The molecule has 10 heavy (non-hydrogen) atoms. The fourth-order valence-corrected chi connectivity index (χ4v) is 2.07. The maximum absolute atomic E-state index is 4.35. The van der Waals surface area contributed by atoms with Gasteiger partial charge in [0.2, 0.25) is 0 Å². The monoisotopic (exact) mass is 267 g/mol. The Morgan fingerprint density at radius 2 is 2.50 bits per heavy atom. The third-order valence-electron chi connectivity index (χ3n) is 1.51. The van der Waals surface area contributed by atoms with Crippen molar-refractivity contribution in [1.29, 1.82) is 0 Å². The fraction of sp³-hybridized carbons (Fsp3) is 0.429. The number of thiol groups is 1. The molecular weight excluding hydrogens is 257 g/mol. The van der Waals surface area contributed by atoms with E-state index in [0.29, 0.717) is 6.04 Å². The Kier molecular flexibility index (Phi) is 3.80. The van der Waals surface area contributed by atoms with Crippen LogP contribution in [0.1, 0.15) is 12.8 Å². The standard InChI is InChI=1S/C7H10INS/c8-9-6-4-2-1-3-5-7(6)10/h1,3,5-6,9-10H,2,4H2. The molecule has 0 amide bonds. The summed E-state index contributed by atoms with van der Waals surface area (Å²) in [4.78, 5) is 1.13. The van der Waals surface area contributed by atoms with E-state index >= 15 is 0 Å². The molecule has 0 aromatic heterocycles. The first kappa shape index (κ1) is 8.62. The molecule has 0 spiro atoms. The van der Waals surface area contributed by atoms with Crippen molar-refractivity contribution in [2.45, 2.75) is 18.9 Å². The minimum Gasteiger partial charge on any atom is -0.253 e. The van der Waals surface area contributed by atoms with E-state index in [1.54, 1.807) is 0 Å². The molecule has 56 valence electrons.